The number of hydrogen-bond acceptors (Lipinski definition) is 4. The fourth-order valence-corrected chi connectivity index (χ4v) is 13.8. The van der Waals surface area contributed by atoms with Crippen LogP contribution in [0.4, 0.5) is 0 Å². The van der Waals surface area contributed by atoms with E-state index in [2.05, 4.69) is 47.7 Å². The van der Waals surface area contributed by atoms with Gasteiger partial charge in [0.05, 0.1) is 0 Å². The zero-order valence-electron chi connectivity index (χ0n) is 20.1. The minimum absolute atomic E-state index is 0.296. The summed E-state index contributed by atoms with van der Waals surface area (Å²) in [5.74, 6) is 0. The highest BCUT2D eigenvalue weighted by molar-refractivity contribution is 6.87. The molecular weight excluding hydrogens is 384 g/mol. The molecule has 0 aliphatic carbocycles. The van der Waals surface area contributed by atoms with Crippen LogP contribution in [-0.2, 0) is 17.7 Å². The molecule has 0 aliphatic heterocycles. The maximum atomic E-state index is 6.30. The molecule has 0 N–H and O–H groups in total. The van der Waals surface area contributed by atoms with Gasteiger partial charge >= 0.3 is 17.1 Å². The van der Waals surface area contributed by atoms with Gasteiger partial charge in [0.1, 0.15) is 0 Å². The first-order valence-electron chi connectivity index (χ1n) is 12.0. The van der Waals surface area contributed by atoms with E-state index in [9.17, 15) is 0 Å². The summed E-state index contributed by atoms with van der Waals surface area (Å²) in [4.78, 5) is 0. The first kappa shape index (κ1) is 28.3. The van der Waals surface area contributed by atoms with Crippen molar-refractivity contribution in [2.45, 2.75) is 117 Å². The van der Waals surface area contributed by atoms with Gasteiger partial charge in [-0.2, -0.15) is 0 Å². The van der Waals surface area contributed by atoms with Crippen LogP contribution in [0.15, 0.2) is 0 Å². The van der Waals surface area contributed by atoms with E-state index in [1.807, 2.05) is 0 Å². The molecule has 0 amide bonds. The summed E-state index contributed by atoms with van der Waals surface area (Å²) in [5, 5.41) is 0.296. The monoisotopic (exact) mass is 434 g/mol. The van der Waals surface area contributed by atoms with Crippen molar-refractivity contribution < 1.29 is 17.7 Å². The van der Waals surface area contributed by atoms with Crippen LogP contribution in [0.2, 0.25) is 18.3 Å². The fourth-order valence-electron chi connectivity index (χ4n) is 4.29. The van der Waals surface area contributed by atoms with Crippen molar-refractivity contribution >= 4 is 17.1 Å². The van der Waals surface area contributed by atoms with Gasteiger partial charge in [0.15, 0.2) is 0 Å². The molecule has 28 heavy (non-hydrogen) atoms. The van der Waals surface area contributed by atoms with Gasteiger partial charge in [-0.1, -0.05) is 64.7 Å². The fraction of sp³-hybridized carbons (Fsp3) is 1.00. The molecule has 0 spiro atoms. The number of hydrogen-bond donors (Lipinski definition) is 0. The normalized spacial score (nSPS) is 12.9. The quantitative estimate of drug-likeness (QED) is 0.151. The molecule has 0 atom stereocenters. The smallest absolute Gasteiger partial charge is 0.340 e. The van der Waals surface area contributed by atoms with Crippen molar-refractivity contribution in [3.63, 3.8) is 0 Å². The molecule has 0 aromatic heterocycles. The maximum absolute atomic E-state index is 6.30. The lowest BCUT2D eigenvalue weighted by atomic mass is 10.1. The van der Waals surface area contributed by atoms with Crippen molar-refractivity contribution in [1.29, 1.82) is 0 Å². The van der Waals surface area contributed by atoms with Gasteiger partial charge < -0.3 is 17.7 Å². The molecule has 0 saturated carbocycles. The van der Waals surface area contributed by atoms with Crippen molar-refractivity contribution in [3.05, 3.63) is 0 Å². The van der Waals surface area contributed by atoms with Gasteiger partial charge in [0, 0.05) is 31.6 Å². The Bertz CT molecular complexity index is 321. The van der Waals surface area contributed by atoms with Crippen LogP contribution in [-0.4, -0.2) is 43.5 Å². The molecule has 0 bridgehead atoms. The number of unbranched alkanes of at least 4 members (excludes halogenated alkanes) is 8. The SMILES string of the molecule is CCCCCCCCCCCC([Si](C)(OCC)OCC)[Si](C)(OCC)OCC. The summed E-state index contributed by atoms with van der Waals surface area (Å²) in [6.07, 6.45) is 13.2. The Morgan fingerprint density at radius 1 is 0.500 bits per heavy atom. The average molecular weight is 435 g/mol. The van der Waals surface area contributed by atoms with E-state index in [1.165, 1.54) is 57.8 Å². The lowest BCUT2D eigenvalue weighted by Crippen LogP contribution is -2.58. The first-order valence-corrected chi connectivity index (χ1v) is 16.8. The molecular formula is C22H50O4Si2. The van der Waals surface area contributed by atoms with Gasteiger partial charge in [0.2, 0.25) is 0 Å². The van der Waals surface area contributed by atoms with Crippen LogP contribution in [0.25, 0.3) is 0 Å². The highest BCUT2D eigenvalue weighted by atomic mass is 28.4. The average Bonchev–Trinajstić information content (AvgIpc) is 2.64. The van der Waals surface area contributed by atoms with E-state index >= 15 is 0 Å². The standard InChI is InChI=1S/C22H50O4Si2/c1-8-13-14-15-16-17-18-19-20-21-22(27(6,23-9-2)24-10-3)28(7,25-11-4)26-12-5/h22H,8-21H2,1-7H3. The molecule has 0 saturated heterocycles. The molecule has 0 aromatic carbocycles. The molecule has 0 aliphatic rings. The van der Waals surface area contributed by atoms with Gasteiger partial charge in [-0.05, 0) is 47.2 Å². The van der Waals surface area contributed by atoms with Gasteiger partial charge in [-0.3, -0.25) is 0 Å². The van der Waals surface area contributed by atoms with Crippen molar-refractivity contribution in [2.24, 2.45) is 0 Å². The molecule has 0 radical (unpaired) electrons. The largest absolute Gasteiger partial charge is 0.395 e. The summed E-state index contributed by atoms with van der Waals surface area (Å²) in [6, 6.07) is 0. The highest BCUT2D eigenvalue weighted by Crippen LogP contribution is 2.39. The third-order valence-electron chi connectivity index (χ3n) is 5.59. The zero-order valence-corrected chi connectivity index (χ0v) is 22.1. The van der Waals surface area contributed by atoms with Gasteiger partial charge in [-0.15, -0.1) is 0 Å². The van der Waals surface area contributed by atoms with Crippen molar-refractivity contribution in [2.75, 3.05) is 26.4 Å². The minimum atomic E-state index is -2.37. The predicted octanol–water partition coefficient (Wildman–Crippen LogP) is 7.11. The molecule has 0 heterocycles. The van der Waals surface area contributed by atoms with Crippen LogP contribution in [0.5, 0.6) is 0 Å². The molecule has 0 unspecified atom stereocenters. The third kappa shape index (κ3) is 10.9. The molecule has 0 aromatic rings. The van der Waals surface area contributed by atoms with E-state index in [4.69, 9.17) is 17.7 Å². The van der Waals surface area contributed by atoms with E-state index in [1.54, 1.807) is 0 Å². The Morgan fingerprint density at radius 3 is 1.14 bits per heavy atom. The van der Waals surface area contributed by atoms with E-state index in [-0.39, 0.29) is 0 Å². The second kappa shape index (κ2) is 17.0. The minimum Gasteiger partial charge on any atom is -0.395 e. The summed E-state index contributed by atoms with van der Waals surface area (Å²) < 4.78 is 25.2. The zero-order chi connectivity index (χ0) is 21.3. The Labute approximate surface area is 178 Å². The summed E-state index contributed by atoms with van der Waals surface area (Å²) >= 11 is 0. The Kier molecular flexibility index (Phi) is 17.2. The predicted molar refractivity (Wildman–Crippen MR) is 125 cm³/mol. The summed E-state index contributed by atoms with van der Waals surface area (Å²) in [7, 11) is -4.73. The molecule has 0 fully saturated rings. The first-order chi connectivity index (χ1) is 13.4. The Hall–Kier alpha value is 0.274. The highest BCUT2D eigenvalue weighted by Gasteiger charge is 2.55. The second-order valence-corrected chi connectivity index (χ2v) is 15.1. The Morgan fingerprint density at radius 2 is 0.821 bits per heavy atom. The van der Waals surface area contributed by atoms with Crippen LogP contribution >= 0.6 is 0 Å². The number of rotatable bonds is 20. The maximum Gasteiger partial charge on any atom is 0.340 e. The van der Waals surface area contributed by atoms with Crippen LogP contribution in [0, 0.1) is 0 Å². The van der Waals surface area contributed by atoms with Crippen LogP contribution < -0.4 is 0 Å². The molecule has 0 rings (SSSR count). The Balaban J connectivity index is 4.85. The second-order valence-electron chi connectivity index (χ2n) is 7.93. The molecule has 4 nitrogen and oxygen atoms in total. The van der Waals surface area contributed by atoms with Gasteiger partial charge in [0.25, 0.3) is 0 Å². The van der Waals surface area contributed by atoms with Crippen molar-refractivity contribution in [3.8, 4) is 0 Å². The van der Waals surface area contributed by atoms with E-state index in [0.717, 1.165) is 6.42 Å². The summed E-state index contributed by atoms with van der Waals surface area (Å²) in [5.41, 5.74) is 0. The van der Waals surface area contributed by atoms with Gasteiger partial charge in [-0.25, -0.2) is 0 Å². The third-order valence-corrected chi connectivity index (χ3v) is 15.3. The summed E-state index contributed by atoms with van der Waals surface area (Å²) in [6.45, 7) is 17.8. The van der Waals surface area contributed by atoms with E-state index < -0.39 is 17.1 Å². The topological polar surface area (TPSA) is 36.9 Å². The lowest BCUT2D eigenvalue weighted by Gasteiger charge is -2.42. The van der Waals surface area contributed by atoms with E-state index in [0.29, 0.717) is 31.6 Å². The van der Waals surface area contributed by atoms with Crippen molar-refractivity contribution in [1.82, 2.24) is 0 Å². The van der Waals surface area contributed by atoms with Crippen LogP contribution in [0.1, 0.15) is 98.8 Å². The lowest BCUT2D eigenvalue weighted by molar-refractivity contribution is 0.152. The molecule has 6 heteroatoms. The molecule has 170 valence electrons. The van der Waals surface area contributed by atoms with Crippen LogP contribution in [0.3, 0.4) is 0 Å².